The normalized spacial score (nSPS) is 12.8. The van der Waals surface area contributed by atoms with E-state index in [0.29, 0.717) is 17.1 Å². The minimum atomic E-state index is 0.444. The van der Waals surface area contributed by atoms with Crippen LogP contribution < -0.4 is 4.90 Å². The predicted octanol–water partition coefficient (Wildman–Crippen LogP) is 4.26. The van der Waals surface area contributed by atoms with Gasteiger partial charge in [0, 0.05) is 25.1 Å². The Hall–Kier alpha value is -0.830. The van der Waals surface area contributed by atoms with Crippen LogP contribution in [0.25, 0.3) is 0 Å². The van der Waals surface area contributed by atoms with Crippen molar-refractivity contribution in [2.24, 2.45) is 5.92 Å². The first kappa shape index (κ1) is 16.2. The standard InChI is InChI=1S/C15H26ClN3/c1-7-8-13-17-14(16)12(5)15(18-13)19(6)11(4)9-10(2)3/h10-11H,7-9H2,1-6H3. The van der Waals surface area contributed by atoms with Gasteiger partial charge in [-0.1, -0.05) is 32.4 Å². The second kappa shape index (κ2) is 7.09. The molecule has 0 saturated heterocycles. The molecule has 1 aromatic rings. The Morgan fingerprint density at radius 1 is 1.21 bits per heavy atom. The molecule has 0 aliphatic carbocycles. The van der Waals surface area contributed by atoms with Crippen LogP contribution in [0, 0.1) is 12.8 Å². The van der Waals surface area contributed by atoms with Crippen molar-refractivity contribution in [1.29, 1.82) is 0 Å². The van der Waals surface area contributed by atoms with Gasteiger partial charge >= 0.3 is 0 Å². The molecule has 4 heteroatoms. The number of hydrogen-bond acceptors (Lipinski definition) is 3. The summed E-state index contributed by atoms with van der Waals surface area (Å²) in [5.74, 6) is 2.48. The predicted molar refractivity (Wildman–Crippen MR) is 83.1 cm³/mol. The molecule has 108 valence electrons. The summed E-state index contributed by atoms with van der Waals surface area (Å²) in [5.41, 5.74) is 0.972. The van der Waals surface area contributed by atoms with E-state index in [0.717, 1.165) is 36.5 Å². The third kappa shape index (κ3) is 4.34. The zero-order valence-electron chi connectivity index (χ0n) is 13.0. The summed E-state index contributed by atoms with van der Waals surface area (Å²) in [5, 5.41) is 0.581. The van der Waals surface area contributed by atoms with Gasteiger partial charge in [-0.2, -0.15) is 0 Å². The Bertz CT molecular complexity index is 418. The fourth-order valence-corrected chi connectivity index (χ4v) is 2.43. The van der Waals surface area contributed by atoms with Crippen molar-refractivity contribution < 1.29 is 0 Å². The van der Waals surface area contributed by atoms with Gasteiger partial charge < -0.3 is 4.90 Å². The number of nitrogens with zero attached hydrogens (tertiary/aromatic N) is 3. The number of hydrogen-bond donors (Lipinski definition) is 0. The zero-order valence-corrected chi connectivity index (χ0v) is 13.8. The highest BCUT2D eigenvalue weighted by Crippen LogP contribution is 2.25. The number of aryl methyl sites for hydroxylation is 1. The molecule has 0 aromatic carbocycles. The van der Waals surface area contributed by atoms with E-state index in [-0.39, 0.29) is 0 Å². The summed E-state index contributed by atoms with van der Waals surface area (Å²) < 4.78 is 0. The van der Waals surface area contributed by atoms with E-state index in [4.69, 9.17) is 11.6 Å². The van der Waals surface area contributed by atoms with Gasteiger partial charge in [-0.15, -0.1) is 0 Å². The van der Waals surface area contributed by atoms with Gasteiger partial charge in [0.15, 0.2) is 0 Å². The Labute approximate surface area is 122 Å². The first-order valence-corrected chi connectivity index (χ1v) is 7.50. The summed E-state index contributed by atoms with van der Waals surface area (Å²) in [4.78, 5) is 11.3. The third-order valence-corrected chi connectivity index (χ3v) is 3.76. The molecule has 1 aromatic heterocycles. The first-order valence-electron chi connectivity index (χ1n) is 7.12. The maximum Gasteiger partial charge on any atom is 0.137 e. The topological polar surface area (TPSA) is 29.0 Å². The van der Waals surface area contributed by atoms with Gasteiger partial charge in [-0.25, -0.2) is 9.97 Å². The van der Waals surface area contributed by atoms with E-state index in [1.165, 1.54) is 0 Å². The van der Waals surface area contributed by atoms with Crippen LogP contribution in [-0.4, -0.2) is 23.1 Å². The molecular weight excluding hydrogens is 258 g/mol. The molecule has 0 fully saturated rings. The molecule has 0 amide bonds. The Morgan fingerprint density at radius 2 is 1.84 bits per heavy atom. The van der Waals surface area contributed by atoms with Crippen molar-refractivity contribution in [2.75, 3.05) is 11.9 Å². The number of rotatable bonds is 6. The average Bonchev–Trinajstić information content (AvgIpc) is 2.32. The maximum absolute atomic E-state index is 6.23. The summed E-state index contributed by atoms with van der Waals surface area (Å²) in [7, 11) is 2.09. The third-order valence-electron chi connectivity index (χ3n) is 3.39. The minimum absolute atomic E-state index is 0.444. The maximum atomic E-state index is 6.23. The highest BCUT2D eigenvalue weighted by atomic mass is 35.5. The number of halogens is 1. The molecule has 1 atom stereocenters. The largest absolute Gasteiger partial charge is 0.357 e. The summed E-state index contributed by atoms with van der Waals surface area (Å²) in [6, 6.07) is 0.444. The molecule has 0 N–H and O–H groups in total. The van der Waals surface area contributed by atoms with Crippen molar-refractivity contribution in [3.05, 3.63) is 16.5 Å². The van der Waals surface area contributed by atoms with E-state index in [2.05, 4.69) is 49.6 Å². The van der Waals surface area contributed by atoms with Gasteiger partial charge in [0.1, 0.15) is 16.8 Å². The zero-order chi connectivity index (χ0) is 14.6. The van der Waals surface area contributed by atoms with Gasteiger partial charge in [-0.05, 0) is 32.6 Å². The van der Waals surface area contributed by atoms with Gasteiger partial charge in [-0.3, -0.25) is 0 Å². The number of anilines is 1. The van der Waals surface area contributed by atoms with E-state index < -0.39 is 0 Å². The van der Waals surface area contributed by atoms with Crippen LogP contribution in [0.5, 0.6) is 0 Å². The van der Waals surface area contributed by atoms with Crippen LogP contribution in [0.15, 0.2) is 0 Å². The summed E-state index contributed by atoms with van der Waals surface area (Å²) >= 11 is 6.23. The SMILES string of the molecule is CCCc1nc(Cl)c(C)c(N(C)C(C)CC(C)C)n1. The number of aromatic nitrogens is 2. The van der Waals surface area contributed by atoms with Gasteiger partial charge in [0.2, 0.25) is 0 Å². The molecule has 0 bridgehead atoms. The van der Waals surface area contributed by atoms with Crippen molar-refractivity contribution in [3.63, 3.8) is 0 Å². The van der Waals surface area contributed by atoms with Crippen molar-refractivity contribution in [2.45, 2.75) is 59.9 Å². The van der Waals surface area contributed by atoms with E-state index in [1.54, 1.807) is 0 Å². The van der Waals surface area contributed by atoms with Crippen LogP contribution in [0.4, 0.5) is 5.82 Å². The second-order valence-corrected chi connectivity index (χ2v) is 6.08. The van der Waals surface area contributed by atoms with E-state index in [1.807, 2.05) is 6.92 Å². The van der Waals surface area contributed by atoms with Gasteiger partial charge in [0.05, 0.1) is 0 Å². The molecule has 0 aliphatic rings. The highest BCUT2D eigenvalue weighted by Gasteiger charge is 2.18. The van der Waals surface area contributed by atoms with Crippen molar-refractivity contribution in [3.8, 4) is 0 Å². The highest BCUT2D eigenvalue weighted by molar-refractivity contribution is 6.30. The molecule has 0 aliphatic heterocycles. The van der Waals surface area contributed by atoms with Crippen LogP contribution in [0.2, 0.25) is 5.15 Å². The lowest BCUT2D eigenvalue weighted by Gasteiger charge is -2.29. The molecule has 0 radical (unpaired) electrons. The Balaban J connectivity index is 3.03. The molecule has 1 unspecified atom stereocenters. The molecule has 1 heterocycles. The lowest BCUT2D eigenvalue weighted by Crippen LogP contribution is -2.31. The fourth-order valence-electron chi connectivity index (χ4n) is 2.25. The molecule has 0 saturated carbocycles. The van der Waals surface area contributed by atoms with E-state index >= 15 is 0 Å². The molecule has 1 rings (SSSR count). The molecule has 0 spiro atoms. The van der Waals surface area contributed by atoms with Crippen LogP contribution in [0.1, 0.15) is 51.9 Å². The molecule has 3 nitrogen and oxygen atoms in total. The molecule has 19 heavy (non-hydrogen) atoms. The first-order chi connectivity index (χ1) is 8.86. The van der Waals surface area contributed by atoms with Gasteiger partial charge in [0.25, 0.3) is 0 Å². The smallest absolute Gasteiger partial charge is 0.137 e. The lowest BCUT2D eigenvalue weighted by atomic mass is 10.0. The Morgan fingerprint density at radius 3 is 2.37 bits per heavy atom. The summed E-state index contributed by atoms with van der Waals surface area (Å²) in [6.07, 6.45) is 3.05. The summed E-state index contributed by atoms with van der Waals surface area (Å²) in [6.45, 7) is 10.8. The van der Waals surface area contributed by atoms with E-state index in [9.17, 15) is 0 Å². The lowest BCUT2D eigenvalue weighted by molar-refractivity contribution is 0.501. The van der Waals surface area contributed by atoms with Crippen LogP contribution in [-0.2, 0) is 6.42 Å². The fraction of sp³-hybridized carbons (Fsp3) is 0.733. The Kier molecular flexibility index (Phi) is 6.05. The minimum Gasteiger partial charge on any atom is -0.357 e. The second-order valence-electron chi connectivity index (χ2n) is 5.72. The van der Waals surface area contributed by atoms with Crippen molar-refractivity contribution in [1.82, 2.24) is 9.97 Å². The molecular formula is C15H26ClN3. The average molecular weight is 284 g/mol. The van der Waals surface area contributed by atoms with Crippen LogP contribution in [0.3, 0.4) is 0 Å². The quantitative estimate of drug-likeness (QED) is 0.731. The monoisotopic (exact) mass is 283 g/mol. The van der Waals surface area contributed by atoms with Crippen LogP contribution >= 0.6 is 11.6 Å². The van der Waals surface area contributed by atoms with Crippen molar-refractivity contribution >= 4 is 17.4 Å².